The molecule has 6 heteroatoms. The van der Waals surface area contributed by atoms with Gasteiger partial charge >= 0.3 is 6.18 Å². The van der Waals surface area contributed by atoms with Crippen molar-refractivity contribution >= 4 is 11.5 Å². The second-order valence-electron chi connectivity index (χ2n) is 3.86. The second-order valence-corrected chi connectivity index (χ2v) is 3.86. The Kier molecular flexibility index (Phi) is 3.65. The molecule has 3 N–H and O–H groups in total. The molecule has 0 unspecified atom stereocenters. The first-order valence-electron chi connectivity index (χ1n) is 4.94. The third kappa shape index (κ3) is 3.37. The van der Waals surface area contributed by atoms with Crippen molar-refractivity contribution < 1.29 is 13.2 Å². The van der Waals surface area contributed by atoms with Gasteiger partial charge in [0.15, 0.2) is 0 Å². The van der Waals surface area contributed by atoms with Crippen LogP contribution in [0, 0.1) is 12.3 Å². The first kappa shape index (κ1) is 13.3. The molecule has 1 rings (SSSR count). The van der Waals surface area contributed by atoms with Crippen LogP contribution < -0.4 is 10.6 Å². The number of amidine groups is 1. The number of alkyl halides is 3. The summed E-state index contributed by atoms with van der Waals surface area (Å²) < 4.78 is 37.0. The van der Waals surface area contributed by atoms with Gasteiger partial charge in [-0.25, -0.2) is 0 Å². The molecule has 0 saturated heterocycles. The molecule has 0 saturated carbocycles. The summed E-state index contributed by atoms with van der Waals surface area (Å²) in [6.45, 7) is 0.618. The molecule has 1 aromatic carbocycles. The highest BCUT2D eigenvalue weighted by atomic mass is 19.4. The van der Waals surface area contributed by atoms with Crippen LogP contribution in [0.1, 0.15) is 11.1 Å². The topological polar surface area (TPSA) is 53.1 Å². The molecule has 0 spiro atoms. The number of benzene rings is 1. The van der Waals surface area contributed by atoms with E-state index < -0.39 is 12.7 Å². The van der Waals surface area contributed by atoms with E-state index in [1.807, 2.05) is 0 Å². The zero-order chi connectivity index (χ0) is 13.2. The first-order chi connectivity index (χ1) is 7.72. The number of nitrogen functional groups attached to an aromatic ring is 1. The van der Waals surface area contributed by atoms with Crippen molar-refractivity contribution in [3.8, 4) is 0 Å². The minimum Gasteiger partial charge on any atom is -0.384 e. The Labute approximate surface area is 97.5 Å². The van der Waals surface area contributed by atoms with Gasteiger partial charge in [0.05, 0.1) is 5.69 Å². The first-order valence-corrected chi connectivity index (χ1v) is 4.94. The maximum atomic E-state index is 12.3. The predicted molar refractivity (Wildman–Crippen MR) is 61.5 cm³/mol. The molecule has 0 fully saturated rings. The van der Waals surface area contributed by atoms with E-state index in [1.54, 1.807) is 19.1 Å². The van der Waals surface area contributed by atoms with E-state index >= 15 is 0 Å². The minimum atomic E-state index is -4.29. The SMILES string of the molecule is Cc1cccc(C(=N)N)c1N(C)CC(F)(F)F. The quantitative estimate of drug-likeness (QED) is 0.634. The number of hydrogen-bond donors (Lipinski definition) is 2. The van der Waals surface area contributed by atoms with E-state index in [9.17, 15) is 13.2 Å². The average Bonchev–Trinajstić information content (AvgIpc) is 2.13. The van der Waals surface area contributed by atoms with Crippen molar-refractivity contribution in [2.24, 2.45) is 5.73 Å². The Balaban J connectivity index is 3.16. The van der Waals surface area contributed by atoms with Crippen molar-refractivity contribution in [1.29, 1.82) is 5.41 Å². The van der Waals surface area contributed by atoms with Gasteiger partial charge in [0.1, 0.15) is 12.4 Å². The highest BCUT2D eigenvalue weighted by Gasteiger charge is 2.30. The zero-order valence-electron chi connectivity index (χ0n) is 9.60. The molecular weight excluding hydrogens is 231 g/mol. The molecule has 0 bridgehead atoms. The number of rotatable bonds is 3. The number of nitrogens with one attached hydrogen (secondary N) is 1. The standard InChI is InChI=1S/C11H14F3N3/c1-7-4-3-5-8(10(15)16)9(7)17(2)6-11(12,13)14/h3-5H,6H2,1-2H3,(H3,15,16). The van der Waals surface area contributed by atoms with Crippen LogP contribution in [0.3, 0.4) is 0 Å². The molecule has 0 heterocycles. The van der Waals surface area contributed by atoms with Gasteiger partial charge in [0.2, 0.25) is 0 Å². The van der Waals surface area contributed by atoms with Crippen LogP contribution in [0.2, 0.25) is 0 Å². The van der Waals surface area contributed by atoms with E-state index in [2.05, 4.69) is 0 Å². The zero-order valence-corrected chi connectivity index (χ0v) is 9.60. The van der Waals surface area contributed by atoms with Crippen LogP contribution in [-0.4, -0.2) is 25.6 Å². The van der Waals surface area contributed by atoms with Gasteiger partial charge in [-0.05, 0) is 18.6 Å². The summed E-state index contributed by atoms with van der Waals surface area (Å²) in [6, 6.07) is 4.89. The highest BCUT2D eigenvalue weighted by Crippen LogP contribution is 2.27. The van der Waals surface area contributed by atoms with Crippen LogP contribution in [0.4, 0.5) is 18.9 Å². The smallest absolute Gasteiger partial charge is 0.384 e. The van der Waals surface area contributed by atoms with E-state index in [0.717, 1.165) is 4.90 Å². The van der Waals surface area contributed by atoms with Gasteiger partial charge in [-0.15, -0.1) is 0 Å². The van der Waals surface area contributed by atoms with Crippen LogP contribution in [0.15, 0.2) is 18.2 Å². The summed E-state index contributed by atoms with van der Waals surface area (Å²) in [4.78, 5) is 1.06. The Hall–Kier alpha value is -1.72. The third-order valence-corrected chi connectivity index (χ3v) is 2.33. The number of nitrogens with two attached hydrogens (primary N) is 1. The number of para-hydroxylation sites is 1. The molecule has 0 aliphatic carbocycles. The maximum Gasteiger partial charge on any atom is 0.405 e. The molecule has 0 aliphatic rings. The lowest BCUT2D eigenvalue weighted by molar-refractivity contribution is -0.119. The molecule has 0 amide bonds. The van der Waals surface area contributed by atoms with Gasteiger partial charge in [0, 0.05) is 12.6 Å². The van der Waals surface area contributed by atoms with Crippen molar-refractivity contribution in [2.45, 2.75) is 13.1 Å². The lowest BCUT2D eigenvalue weighted by atomic mass is 10.1. The molecular formula is C11H14F3N3. The summed E-state index contributed by atoms with van der Waals surface area (Å²) in [6.07, 6.45) is -4.29. The molecule has 94 valence electrons. The summed E-state index contributed by atoms with van der Waals surface area (Å²) in [5.74, 6) is -0.238. The fourth-order valence-electron chi connectivity index (χ4n) is 1.73. The van der Waals surface area contributed by atoms with Gasteiger partial charge < -0.3 is 10.6 Å². The fraction of sp³-hybridized carbons (Fsp3) is 0.364. The third-order valence-electron chi connectivity index (χ3n) is 2.33. The fourth-order valence-corrected chi connectivity index (χ4v) is 1.73. The summed E-state index contributed by atoms with van der Waals surface area (Å²) in [7, 11) is 1.34. The number of aryl methyl sites for hydroxylation is 1. The summed E-state index contributed by atoms with van der Waals surface area (Å²) >= 11 is 0. The van der Waals surface area contributed by atoms with E-state index in [-0.39, 0.29) is 5.84 Å². The predicted octanol–water partition coefficient (Wildman–Crippen LogP) is 2.28. The molecule has 1 aromatic rings. The monoisotopic (exact) mass is 245 g/mol. The van der Waals surface area contributed by atoms with Gasteiger partial charge in [-0.1, -0.05) is 12.1 Å². The number of nitrogens with zero attached hydrogens (tertiary/aromatic N) is 1. The van der Waals surface area contributed by atoms with Crippen LogP contribution in [0.25, 0.3) is 0 Å². The summed E-state index contributed by atoms with van der Waals surface area (Å²) in [5, 5.41) is 7.37. The van der Waals surface area contributed by atoms with Crippen LogP contribution in [0.5, 0.6) is 0 Å². The highest BCUT2D eigenvalue weighted by molar-refractivity contribution is 6.01. The maximum absolute atomic E-state index is 12.3. The van der Waals surface area contributed by atoms with Gasteiger partial charge in [0.25, 0.3) is 0 Å². The van der Waals surface area contributed by atoms with E-state index in [4.69, 9.17) is 11.1 Å². The Bertz CT molecular complexity index is 426. The number of anilines is 1. The average molecular weight is 245 g/mol. The largest absolute Gasteiger partial charge is 0.405 e. The van der Waals surface area contributed by atoms with Gasteiger partial charge in [-0.3, -0.25) is 5.41 Å². The lowest BCUT2D eigenvalue weighted by Crippen LogP contribution is -2.33. The van der Waals surface area contributed by atoms with E-state index in [1.165, 1.54) is 13.1 Å². The van der Waals surface area contributed by atoms with E-state index in [0.29, 0.717) is 16.8 Å². The molecule has 0 aliphatic heterocycles. The second kappa shape index (κ2) is 4.65. The Morgan fingerprint density at radius 1 is 1.41 bits per heavy atom. The molecule has 0 atom stereocenters. The van der Waals surface area contributed by atoms with Crippen molar-refractivity contribution in [2.75, 3.05) is 18.5 Å². The number of halogens is 3. The lowest BCUT2D eigenvalue weighted by Gasteiger charge is -2.25. The normalized spacial score (nSPS) is 11.4. The number of hydrogen-bond acceptors (Lipinski definition) is 2. The van der Waals surface area contributed by atoms with Crippen LogP contribution >= 0.6 is 0 Å². The Morgan fingerprint density at radius 2 is 2.00 bits per heavy atom. The van der Waals surface area contributed by atoms with Crippen molar-refractivity contribution in [3.05, 3.63) is 29.3 Å². The molecule has 3 nitrogen and oxygen atoms in total. The van der Waals surface area contributed by atoms with Crippen molar-refractivity contribution in [3.63, 3.8) is 0 Å². The van der Waals surface area contributed by atoms with Crippen molar-refractivity contribution in [1.82, 2.24) is 0 Å². The Morgan fingerprint density at radius 3 is 2.47 bits per heavy atom. The van der Waals surface area contributed by atoms with Crippen LogP contribution in [-0.2, 0) is 0 Å². The summed E-state index contributed by atoms with van der Waals surface area (Å²) in [5.41, 5.74) is 6.68. The molecule has 0 aromatic heterocycles. The minimum absolute atomic E-state index is 0.238. The molecule has 17 heavy (non-hydrogen) atoms. The molecule has 0 radical (unpaired) electrons. The van der Waals surface area contributed by atoms with Gasteiger partial charge in [-0.2, -0.15) is 13.2 Å².